The molecule has 0 saturated carbocycles. The van der Waals surface area contributed by atoms with Gasteiger partial charge in [-0.1, -0.05) is 54.6 Å². The van der Waals surface area contributed by atoms with Gasteiger partial charge in [-0.15, -0.1) is 11.3 Å². The summed E-state index contributed by atoms with van der Waals surface area (Å²) in [5.41, 5.74) is -5.59. The highest BCUT2D eigenvalue weighted by Gasteiger charge is 2.75. The first-order valence-electron chi connectivity index (χ1n) is 11.5. The molecule has 3 nitrogen and oxygen atoms in total. The van der Waals surface area contributed by atoms with Gasteiger partial charge in [-0.3, -0.25) is 4.40 Å². The molecule has 0 aliphatic carbocycles. The van der Waals surface area contributed by atoms with Gasteiger partial charge in [0, 0.05) is 26.2 Å². The third kappa shape index (κ3) is 2.73. The molecule has 0 N–H and O–H groups in total. The van der Waals surface area contributed by atoms with Crippen molar-refractivity contribution in [1.82, 2.24) is 14.0 Å². The maximum absolute atomic E-state index is 15.5. The van der Waals surface area contributed by atoms with E-state index in [0.29, 0.717) is 26.1 Å². The van der Waals surface area contributed by atoms with Gasteiger partial charge >= 0.3 is 12.4 Å². The van der Waals surface area contributed by atoms with Crippen molar-refractivity contribution >= 4 is 59.8 Å². The van der Waals surface area contributed by atoms with Crippen LogP contribution in [-0.2, 0) is 5.54 Å². The quantitative estimate of drug-likeness (QED) is 0.202. The molecule has 0 saturated heterocycles. The van der Waals surface area contributed by atoms with Gasteiger partial charge in [0.2, 0.25) is 0 Å². The molecule has 0 amide bonds. The van der Waals surface area contributed by atoms with E-state index in [-0.39, 0.29) is 22.2 Å². The molecule has 0 aliphatic rings. The van der Waals surface area contributed by atoms with Gasteiger partial charge < -0.3 is 4.57 Å². The average Bonchev–Trinajstić information content (AvgIpc) is 3.60. The van der Waals surface area contributed by atoms with Gasteiger partial charge in [0.15, 0.2) is 0 Å². The number of para-hydroxylation sites is 3. The highest BCUT2D eigenvalue weighted by Crippen LogP contribution is 2.56. The minimum Gasteiger partial charge on any atom is -0.313 e. The Kier molecular flexibility index (Phi) is 4.56. The normalized spacial score (nSPS) is 13.5. The Morgan fingerprint density at radius 3 is 1.71 bits per heavy atom. The summed E-state index contributed by atoms with van der Waals surface area (Å²) in [6, 6.07) is 19.9. The number of nitrogens with zero attached hydrogens (tertiary/aromatic N) is 3. The first-order chi connectivity index (χ1) is 18.2. The summed E-state index contributed by atoms with van der Waals surface area (Å²) in [6.07, 6.45) is -10.9. The lowest BCUT2D eigenvalue weighted by Gasteiger charge is -2.39. The van der Waals surface area contributed by atoms with Crippen LogP contribution in [0.3, 0.4) is 0 Å². The molecule has 38 heavy (non-hydrogen) atoms. The molecule has 190 valence electrons. The minimum atomic E-state index is -5.80. The van der Waals surface area contributed by atoms with Crippen LogP contribution >= 0.6 is 11.3 Å². The second-order valence-corrected chi connectivity index (χ2v) is 9.97. The van der Waals surface area contributed by atoms with Crippen molar-refractivity contribution in [3.8, 4) is 0 Å². The molecule has 0 fully saturated rings. The zero-order valence-electron chi connectivity index (χ0n) is 19.2. The number of benzene rings is 3. The topological polar surface area (TPSA) is 22.2 Å². The summed E-state index contributed by atoms with van der Waals surface area (Å²) in [5.74, 6) is 0. The molecule has 7 aromatic rings. The van der Waals surface area contributed by atoms with Crippen LogP contribution in [0.4, 0.5) is 26.3 Å². The van der Waals surface area contributed by atoms with Crippen molar-refractivity contribution in [2.75, 3.05) is 0 Å². The maximum Gasteiger partial charge on any atom is 0.426 e. The summed E-state index contributed by atoms with van der Waals surface area (Å²) in [6.45, 7) is 0. The summed E-state index contributed by atoms with van der Waals surface area (Å²) in [4.78, 5) is 4.19. The molecular formula is C28H15F6N3S. The van der Waals surface area contributed by atoms with Crippen molar-refractivity contribution in [2.45, 2.75) is 17.9 Å². The molecular weight excluding hydrogens is 524 g/mol. The Morgan fingerprint density at radius 2 is 1.13 bits per heavy atom. The van der Waals surface area contributed by atoms with Gasteiger partial charge in [0.05, 0.1) is 28.4 Å². The van der Waals surface area contributed by atoms with Crippen LogP contribution < -0.4 is 0 Å². The Hall–Kier alpha value is -4.05. The van der Waals surface area contributed by atoms with E-state index in [0.717, 1.165) is 15.3 Å². The monoisotopic (exact) mass is 539 g/mol. The van der Waals surface area contributed by atoms with E-state index in [1.807, 2.05) is 0 Å². The number of aromatic nitrogens is 3. The van der Waals surface area contributed by atoms with E-state index in [9.17, 15) is 0 Å². The van der Waals surface area contributed by atoms with Crippen molar-refractivity contribution in [2.24, 2.45) is 0 Å². The third-order valence-electron chi connectivity index (χ3n) is 7.16. The summed E-state index contributed by atoms with van der Waals surface area (Å²) < 4.78 is 94.9. The van der Waals surface area contributed by atoms with Gasteiger partial charge in [-0.2, -0.15) is 26.3 Å². The molecule has 10 heteroatoms. The third-order valence-corrected chi connectivity index (χ3v) is 8.11. The van der Waals surface area contributed by atoms with Crippen molar-refractivity contribution in [3.05, 3.63) is 96.1 Å². The fourth-order valence-corrected chi connectivity index (χ4v) is 6.62. The number of rotatable bonds is 2. The zero-order chi connectivity index (χ0) is 26.4. The molecule has 0 spiro atoms. The SMILES string of the molecule is FC(F)(F)C(c1cnc2c3ccsc3c3ccccc3n12)(n1c2ccccc2c2ccccc21)C(F)(F)F. The predicted molar refractivity (Wildman–Crippen MR) is 137 cm³/mol. The highest BCUT2D eigenvalue weighted by atomic mass is 32.1. The Balaban J connectivity index is 1.78. The molecule has 4 aromatic heterocycles. The number of thiophene rings is 1. The van der Waals surface area contributed by atoms with E-state index < -0.39 is 23.6 Å². The van der Waals surface area contributed by atoms with E-state index in [2.05, 4.69) is 4.98 Å². The Morgan fingerprint density at radius 1 is 0.605 bits per heavy atom. The second-order valence-electron chi connectivity index (χ2n) is 9.06. The average molecular weight is 540 g/mol. The molecule has 0 aliphatic heterocycles. The first-order valence-corrected chi connectivity index (χ1v) is 12.4. The first kappa shape index (κ1) is 23.1. The standard InChI is InChI=1S/C28H15F6N3S/c29-27(30,31)26(28(32,33)34,37-21-11-5-1-7-16(21)17-8-2-6-12-22(17)37)23-15-35-25-19-13-14-38-24(19)18-9-3-4-10-20(18)36(23)25/h1-15H. The number of alkyl halides is 6. The zero-order valence-corrected chi connectivity index (χ0v) is 20.0. The molecule has 3 aromatic carbocycles. The van der Waals surface area contributed by atoms with Crippen LogP contribution in [0.1, 0.15) is 5.69 Å². The number of imidazole rings is 1. The van der Waals surface area contributed by atoms with Gasteiger partial charge in [-0.05, 0) is 29.6 Å². The van der Waals surface area contributed by atoms with Crippen molar-refractivity contribution < 1.29 is 26.3 Å². The molecule has 4 heterocycles. The number of hydrogen-bond acceptors (Lipinski definition) is 2. The van der Waals surface area contributed by atoms with Crippen molar-refractivity contribution in [1.29, 1.82) is 0 Å². The highest BCUT2D eigenvalue weighted by molar-refractivity contribution is 7.18. The number of fused-ring (bicyclic) bond motifs is 9. The maximum atomic E-state index is 15.5. The Labute approximate surface area is 214 Å². The van der Waals surface area contributed by atoms with Gasteiger partial charge in [0.1, 0.15) is 5.65 Å². The van der Waals surface area contributed by atoms with E-state index in [1.165, 1.54) is 53.8 Å². The van der Waals surface area contributed by atoms with Gasteiger partial charge in [0.25, 0.3) is 5.54 Å². The fraction of sp³-hybridized carbons (Fsp3) is 0.107. The number of halogens is 6. The van der Waals surface area contributed by atoms with Crippen LogP contribution in [-0.4, -0.2) is 26.3 Å². The predicted octanol–water partition coefficient (Wildman–Crippen LogP) is 8.68. The largest absolute Gasteiger partial charge is 0.426 e. The fourth-order valence-electron chi connectivity index (χ4n) is 5.70. The van der Waals surface area contributed by atoms with E-state index in [4.69, 9.17) is 0 Å². The molecule has 0 radical (unpaired) electrons. The number of hydrogen-bond donors (Lipinski definition) is 0. The smallest absolute Gasteiger partial charge is 0.313 e. The Bertz CT molecular complexity index is 1960. The van der Waals surface area contributed by atoms with E-state index in [1.54, 1.807) is 41.8 Å². The lowest BCUT2D eigenvalue weighted by molar-refractivity contribution is -0.312. The lowest BCUT2D eigenvalue weighted by atomic mass is 9.92. The van der Waals surface area contributed by atoms with Crippen LogP contribution in [0.15, 0.2) is 90.4 Å². The summed E-state index contributed by atoms with van der Waals surface area (Å²) in [7, 11) is 0. The molecule has 0 unspecified atom stereocenters. The van der Waals surface area contributed by atoms with Crippen LogP contribution in [0.5, 0.6) is 0 Å². The van der Waals surface area contributed by atoms with Crippen LogP contribution in [0.25, 0.3) is 48.4 Å². The molecule has 0 bridgehead atoms. The molecule has 7 rings (SSSR count). The van der Waals surface area contributed by atoms with Crippen LogP contribution in [0.2, 0.25) is 0 Å². The van der Waals surface area contributed by atoms with Gasteiger partial charge in [-0.25, -0.2) is 4.98 Å². The second kappa shape index (κ2) is 7.50. The lowest BCUT2D eigenvalue weighted by Crippen LogP contribution is -2.59. The number of pyridine rings is 1. The molecule has 0 atom stereocenters. The van der Waals surface area contributed by atoms with Crippen molar-refractivity contribution in [3.63, 3.8) is 0 Å². The minimum absolute atomic E-state index is 0.0357. The summed E-state index contributed by atoms with van der Waals surface area (Å²) >= 11 is 1.36. The van der Waals surface area contributed by atoms with Crippen LogP contribution in [0, 0.1) is 0 Å². The van der Waals surface area contributed by atoms with E-state index >= 15 is 26.3 Å². The summed E-state index contributed by atoms with van der Waals surface area (Å²) in [5, 5.41) is 3.36.